The van der Waals surface area contributed by atoms with Crippen molar-refractivity contribution in [3.63, 3.8) is 0 Å². The average Bonchev–Trinajstić information content (AvgIpc) is 2.48. The van der Waals surface area contributed by atoms with Crippen LogP contribution in [0.5, 0.6) is 11.5 Å². The molecule has 0 aliphatic carbocycles. The summed E-state index contributed by atoms with van der Waals surface area (Å²) in [5.41, 5.74) is 1.55. The molecule has 0 aromatic heterocycles. The number of benzene rings is 2. The molecule has 0 spiro atoms. The Balaban J connectivity index is 2.19. The SMILES string of the molecule is CCOc1ccccc1C(=O)Cc1cccc(OC)c1. The molecule has 2 aromatic rings. The first kappa shape index (κ1) is 14.1. The van der Waals surface area contributed by atoms with Crippen LogP contribution in [0.4, 0.5) is 0 Å². The molecule has 0 atom stereocenters. The van der Waals surface area contributed by atoms with Crippen molar-refractivity contribution >= 4 is 5.78 Å². The summed E-state index contributed by atoms with van der Waals surface area (Å²) in [6.45, 7) is 2.45. The molecule has 0 radical (unpaired) electrons. The second-order valence-corrected chi connectivity index (χ2v) is 4.38. The molecule has 3 nitrogen and oxygen atoms in total. The van der Waals surface area contributed by atoms with Crippen molar-refractivity contribution in [3.05, 3.63) is 59.7 Å². The molecule has 0 bridgehead atoms. The lowest BCUT2D eigenvalue weighted by molar-refractivity contribution is 0.0989. The third-order valence-electron chi connectivity index (χ3n) is 2.99. The molecule has 0 fully saturated rings. The van der Waals surface area contributed by atoms with Crippen molar-refractivity contribution in [2.24, 2.45) is 0 Å². The molecule has 0 saturated carbocycles. The van der Waals surface area contributed by atoms with Crippen molar-refractivity contribution in [1.82, 2.24) is 0 Å². The van der Waals surface area contributed by atoms with E-state index in [1.165, 1.54) is 0 Å². The summed E-state index contributed by atoms with van der Waals surface area (Å²) in [6, 6.07) is 14.9. The molecular formula is C17H18O3. The van der Waals surface area contributed by atoms with Crippen molar-refractivity contribution in [2.45, 2.75) is 13.3 Å². The standard InChI is InChI=1S/C17H18O3/c1-3-20-17-10-5-4-9-15(17)16(18)12-13-7-6-8-14(11-13)19-2/h4-11H,3,12H2,1-2H3. The van der Waals surface area contributed by atoms with Gasteiger partial charge in [0.25, 0.3) is 0 Å². The van der Waals surface area contributed by atoms with Gasteiger partial charge in [-0.15, -0.1) is 0 Å². The van der Waals surface area contributed by atoms with E-state index in [0.717, 1.165) is 11.3 Å². The highest BCUT2D eigenvalue weighted by Gasteiger charge is 2.12. The topological polar surface area (TPSA) is 35.5 Å². The molecule has 0 saturated heterocycles. The molecule has 20 heavy (non-hydrogen) atoms. The number of Topliss-reactive ketones (excluding diaryl/α,β-unsaturated/α-hetero) is 1. The van der Waals surface area contributed by atoms with Gasteiger partial charge in [0, 0.05) is 6.42 Å². The number of ether oxygens (including phenoxy) is 2. The molecule has 104 valence electrons. The number of hydrogen-bond acceptors (Lipinski definition) is 3. The third kappa shape index (κ3) is 3.38. The Labute approximate surface area is 119 Å². The molecule has 0 unspecified atom stereocenters. The van der Waals surface area contributed by atoms with Crippen molar-refractivity contribution in [3.8, 4) is 11.5 Å². The summed E-state index contributed by atoms with van der Waals surface area (Å²) in [5.74, 6) is 1.44. The minimum atomic E-state index is 0.0438. The first-order valence-electron chi connectivity index (χ1n) is 6.62. The van der Waals surface area contributed by atoms with Gasteiger partial charge in [-0.25, -0.2) is 0 Å². The van der Waals surface area contributed by atoms with Gasteiger partial charge in [0.05, 0.1) is 19.3 Å². The van der Waals surface area contributed by atoms with Gasteiger partial charge >= 0.3 is 0 Å². The lowest BCUT2D eigenvalue weighted by Crippen LogP contribution is -2.07. The van der Waals surface area contributed by atoms with Gasteiger partial charge < -0.3 is 9.47 Å². The van der Waals surface area contributed by atoms with Crippen LogP contribution in [-0.2, 0) is 6.42 Å². The molecule has 0 aliphatic rings. The zero-order chi connectivity index (χ0) is 14.4. The van der Waals surface area contributed by atoms with E-state index in [0.29, 0.717) is 24.3 Å². The molecule has 0 heterocycles. The number of methoxy groups -OCH3 is 1. The Morgan fingerprint density at radius 1 is 1.10 bits per heavy atom. The largest absolute Gasteiger partial charge is 0.497 e. The Morgan fingerprint density at radius 2 is 1.90 bits per heavy atom. The summed E-state index contributed by atoms with van der Waals surface area (Å²) in [5, 5.41) is 0. The zero-order valence-corrected chi connectivity index (χ0v) is 11.8. The van der Waals surface area contributed by atoms with Crippen molar-refractivity contribution in [1.29, 1.82) is 0 Å². The van der Waals surface area contributed by atoms with Gasteiger partial charge in [0.2, 0.25) is 0 Å². The molecule has 3 heteroatoms. The average molecular weight is 270 g/mol. The first-order chi connectivity index (χ1) is 9.74. The van der Waals surface area contributed by atoms with Crippen LogP contribution in [-0.4, -0.2) is 19.5 Å². The van der Waals surface area contributed by atoms with Gasteiger partial charge in [-0.3, -0.25) is 4.79 Å². The number of carbonyl (C=O) groups is 1. The van der Waals surface area contributed by atoms with Crippen LogP contribution >= 0.6 is 0 Å². The summed E-state index contributed by atoms with van der Waals surface area (Å²) < 4.78 is 10.7. The monoisotopic (exact) mass is 270 g/mol. The number of rotatable bonds is 6. The second kappa shape index (κ2) is 6.75. The first-order valence-corrected chi connectivity index (χ1v) is 6.62. The van der Waals surface area contributed by atoms with E-state index in [2.05, 4.69) is 0 Å². The highest BCUT2D eigenvalue weighted by atomic mass is 16.5. The molecule has 2 aromatic carbocycles. The van der Waals surface area contributed by atoms with Gasteiger partial charge in [-0.2, -0.15) is 0 Å². The van der Waals surface area contributed by atoms with E-state index in [1.54, 1.807) is 13.2 Å². The van der Waals surface area contributed by atoms with E-state index in [1.807, 2.05) is 49.4 Å². The summed E-state index contributed by atoms with van der Waals surface area (Å²) in [4.78, 5) is 12.4. The van der Waals surface area contributed by atoms with Crippen LogP contribution in [0.15, 0.2) is 48.5 Å². The second-order valence-electron chi connectivity index (χ2n) is 4.38. The predicted molar refractivity (Wildman–Crippen MR) is 78.6 cm³/mol. The van der Waals surface area contributed by atoms with Gasteiger partial charge in [-0.05, 0) is 36.8 Å². The quantitative estimate of drug-likeness (QED) is 0.753. The van der Waals surface area contributed by atoms with E-state index >= 15 is 0 Å². The van der Waals surface area contributed by atoms with Crippen molar-refractivity contribution < 1.29 is 14.3 Å². The lowest BCUT2D eigenvalue weighted by atomic mass is 10.0. The lowest BCUT2D eigenvalue weighted by Gasteiger charge is -2.09. The predicted octanol–water partition coefficient (Wildman–Crippen LogP) is 3.52. The minimum absolute atomic E-state index is 0.0438. The minimum Gasteiger partial charge on any atom is -0.497 e. The molecule has 0 aliphatic heterocycles. The smallest absolute Gasteiger partial charge is 0.170 e. The third-order valence-corrected chi connectivity index (χ3v) is 2.99. The number of para-hydroxylation sites is 1. The van der Waals surface area contributed by atoms with Crippen LogP contribution in [0.3, 0.4) is 0 Å². The Hall–Kier alpha value is -2.29. The number of carbonyl (C=O) groups excluding carboxylic acids is 1. The molecular weight excluding hydrogens is 252 g/mol. The highest BCUT2D eigenvalue weighted by molar-refractivity contribution is 6.00. The van der Waals surface area contributed by atoms with Crippen LogP contribution < -0.4 is 9.47 Å². The fourth-order valence-electron chi connectivity index (χ4n) is 2.04. The van der Waals surface area contributed by atoms with Crippen LogP contribution in [0.25, 0.3) is 0 Å². The van der Waals surface area contributed by atoms with Crippen LogP contribution in [0.2, 0.25) is 0 Å². The zero-order valence-electron chi connectivity index (χ0n) is 11.8. The van der Waals surface area contributed by atoms with Crippen LogP contribution in [0, 0.1) is 0 Å². The van der Waals surface area contributed by atoms with E-state index in [9.17, 15) is 4.79 Å². The van der Waals surface area contributed by atoms with Gasteiger partial charge in [-0.1, -0.05) is 24.3 Å². The fourth-order valence-corrected chi connectivity index (χ4v) is 2.04. The summed E-state index contributed by atoms with van der Waals surface area (Å²) in [7, 11) is 1.62. The molecule has 0 amide bonds. The van der Waals surface area contributed by atoms with E-state index in [4.69, 9.17) is 9.47 Å². The number of hydrogen-bond donors (Lipinski definition) is 0. The highest BCUT2D eigenvalue weighted by Crippen LogP contribution is 2.21. The Morgan fingerprint density at radius 3 is 2.65 bits per heavy atom. The van der Waals surface area contributed by atoms with E-state index < -0.39 is 0 Å². The Bertz CT molecular complexity index is 590. The summed E-state index contributed by atoms with van der Waals surface area (Å²) >= 11 is 0. The normalized spacial score (nSPS) is 10.1. The van der Waals surface area contributed by atoms with Crippen LogP contribution in [0.1, 0.15) is 22.8 Å². The maximum atomic E-state index is 12.4. The van der Waals surface area contributed by atoms with Crippen molar-refractivity contribution in [2.75, 3.05) is 13.7 Å². The summed E-state index contributed by atoms with van der Waals surface area (Å²) in [6.07, 6.45) is 0.335. The fraction of sp³-hybridized carbons (Fsp3) is 0.235. The Kier molecular flexibility index (Phi) is 4.77. The maximum absolute atomic E-state index is 12.4. The maximum Gasteiger partial charge on any atom is 0.170 e. The van der Waals surface area contributed by atoms with E-state index in [-0.39, 0.29) is 5.78 Å². The van der Waals surface area contributed by atoms with Gasteiger partial charge in [0.15, 0.2) is 5.78 Å². The number of ketones is 1. The molecule has 0 N–H and O–H groups in total. The van der Waals surface area contributed by atoms with Gasteiger partial charge in [0.1, 0.15) is 11.5 Å². The molecule has 2 rings (SSSR count).